The average Bonchev–Trinajstić information content (AvgIpc) is 2.29. The SMILES string of the molecule is O=C(O)/C=C/C=C(\O)c1cccc(OCO)c1. The van der Waals surface area contributed by atoms with Gasteiger partial charge in [-0.25, -0.2) is 4.79 Å². The van der Waals surface area contributed by atoms with Crippen LogP contribution in [0.2, 0.25) is 0 Å². The van der Waals surface area contributed by atoms with Gasteiger partial charge < -0.3 is 20.1 Å². The molecule has 1 aromatic rings. The summed E-state index contributed by atoms with van der Waals surface area (Å²) in [6.45, 7) is -0.452. The number of aliphatic hydroxyl groups excluding tert-OH is 2. The molecule has 17 heavy (non-hydrogen) atoms. The molecule has 0 radical (unpaired) electrons. The average molecular weight is 236 g/mol. The van der Waals surface area contributed by atoms with Gasteiger partial charge in [0.05, 0.1) is 0 Å². The lowest BCUT2D eigenvalue weighted by atomic mass is 10.1. The number of carboxylic acids is 1. The molecule has 0 fully saturated rings. The summed E-state index contributed by atoms with van der Waals surface area (Å²) >= 11 is 0. The molecule has 0 saturated heterocycles. The van der Waals surface area contributed by atoms with Crippen LogP contribution in [-0.2, 0) is 4.79 Å². The molecular formula is C12H12O5. The van der Waals surface area contributed by atoms with Crippen LogP contribution in [0.5, 0.6) is 5.75 Å². The highest BCUT2D eigenvalue weighted by Gasteiger charge is 2.00. The van der Waals surface area contributed by atoms with E-state index in [0.717, 1.165) is 6.08 Å². The Morgan fingerprint density at radius 3 is 2.76 bits per heavy atom. The van der Waals surface area contributed by atoms with E-state index in [1.807, 2.05) is 0 Å². The van der Waals surface area contributed by atoms with Gasteiger partial charge in [-0.2, -0.15) is 0 Å². The van der Waals surface area contributed by atoms with Crippen molar-refractivity contribution >= 4 is 11.7 Å². The van der Waals surface area contributed by atoms with E-state index in [4.69, 9.17) is 14.9 Å². The first kappa shape index (κ1) is 12.8. The maximum absolute atomic E-state index is 10.2. The molecule has 1 aromatic carbocycles. The molecule has 0 atom stereocenters. The van der Waals surface area contributed by atoms with Crippen LogP contribution in [0, 0.1) is 0 Å². The van der Waals surface area contributed by atoms with Crippen molar-refractivity contribution in [3.05, 3.63) is 48.1 Å². The highest BCUT2D eigenvalue weighted by atomic mass is 16.6. The Kier molecular flexibility index (Phi) is 4.77. The van der Waals surface area contributed by atoms with Gasteiger partial charge >= 0.3 is 5.97 Å². The van der Waals surface area contributed by atoms with Gasteiger partial charge in [0.25, 0.3) is 0 Å². The Morgan fingerprint density at radius 1 is 1.35 bits per heavy atom. The number of ether oxygens (including phenoxy) is 1. The molecule has 0 saturated carbocycles. The van der Waals surface area contributed by atoms with Crippen molar-refractivity contribution in [1.82, 2.24) is 0 Å². The largest absolute Gasteiger partial charge is 0.507 e. The summed E-state index contributed by atoms with van der Waals surface area (Å²) in [5.74, 6) is -0.774. The molecule has 3 N–H and O–H groups in total. The van der Waals surface area contributed by atoms with Crippen LogP contribution < -0.4 is 4.74 Å². The maximum Gasteiger partial charge on any atom is 0.328 e. The van der Waals surface area contributed by atoms with Gasteiger partial charge in [0.2, 0.25) is 0 Å². The smallest absolute Gasteiger partial charge is 0.328 e. The fourth-order valence-electron chi connectivity index (χ4n) is 1.14. The van der Waals surface area contributed by atoms with E-state index in [9.17, 15) is 9.90 Å². The summed E-state index contributed by atoms with van der Waals surface area (Å²) in [4.78, 5) is 10.2. The van der Waals surface area contributed by atoms with Gasteiger partial charge in [0.1, 0.15) is 11.5 Å². The van der Waals surface area contributed by atoms with E-state index in [1.54, 1.807) is 18.2 Å². The first-order valence-corrected chi connectivity index (χ1v) is 4.78. The van der Waals surface area contributed by atoms with Gasteiger partial charge in [0.15, 0.2) is 6.79 Å². The molecule has 0 aliphatic rings. The predicted octanol–water partition coefficient (Wildman–Crippen LogP) is 1.55. The van der Waals surface area contributed by atoms with E-state index in [2.05, 4.69) is 0 Å². The molecule has 5 nitrogen and oxygen atoms in total. The number of aliphatic hydroxyl groups is 2. The summed E-state index contributed by atoms with van der Waals surface area (Å²) in [5.41, 5.74) is 0.464. The lowest BCUT2D eigenvalue weighted by Crippen LogP contribution is -1.95. The van der Waals surface area contributed by atoms with Crippen LogP contribution in [0.25, 0.3) is 5.76 Å². The van der Waals surface area contributed by atoms with Crippen molar-refractivity contribution in [2.45, 2.75) is 0 Å². The molecule has 0 aliphatic heterocycles. The van der Waals surface area contributed by atoms with Gasteiger partial charge in [-0.15, -0.1) is 0 Å². The minimum Gasteiger partial charge on any atom is -0.507 e. The van der Waals surface area contributed by atoms with Crippen molar-refractivity contribution in [3.63, 3.8) is 0 Å². The van der Waals surface area contributed by atoms with Crippen molar-refractivity contribution < 1.29 is 24.9 Å². The third-order valence-electron chi connectivity index (χ3n) is 1.85. The fraction of sp³-hybridized carbons (Fsp3) is 0.0833. The quantitative estimate of drug-likeness (QED) is 0.312. The highest BCUT2D eigenvalue weighted by Crippen LogP contribution is 2.18. The zero-order chi connectivity index (χ0) is 12.7. The normalized spacial score (nSPS) is 11.7. The zero-order valence-corrected chi connectivity index (χ0v) is 8.91. The minimum absolute atomic E-state index is 0.0918. The van der Waals surface area contributed by atoms with Crippen molar-refractivity contribution in [2.75, 3.05) is 6.79 Å². The van der Waals surface area contributed by atoms with Gasteiger partial charge in [0, 0.05) is 11.6 Å². The molecule has 1 rings (SSSR count). The standard InChI is InChI=1S/C12H12O5/c13-8-17-10-4-1-3-9(7-10)11(14)5-2-6-12(15)16/h1-7,13-14H,8H2,(H,15,16)/b6-2+,11-5-. The first-order chi connectivity index (χ1) is 8.13. The van der Waals surface area contributed by atoms with Crippen molar-refractivity contribution in [3.8, 4) is 5.75 Å². The summed E-state index contributed by atoms with van der Waals surface area (Å²) < 4.78 is 4.84. The topological polar surface area (TPSA) is 87.0 Å². The Bertz CT molecular complexity index is 448. The van der Waals surface area contributed by atoms with E-state index in [-0.39, 0.29) is 5.76 Å². The second kappa shape index (κ2) is 6.34. The van der Waals surface area contributed by atoms with Gasteiger partial charge in [-0.05, 0) is 18.2 Å². The Hall–Kier alpha value is -2.27. The third kappa shape index (κ3) is 4.40. The van der Waals surface area contributed by atoms with Gasteiger partial charge in [-0.3, -0.25) is 0 Å². The Labute approximate surface area is 97.9 Å². The zero-order valence-electron chi connectivity index (χ0n) is 8.91. The molecule has 0 heterocycles. The van der Waals surface area contributed by atoms with Crippen molar-refractivity contribution in [1.29, 1.82) is 0 Å². The predicted molar refractivity (Wildman–Crippen MR) is 61.5 cm³/mol. The number of carbonyl (C=O) groups is 1. The molecule has 0 aliphatic carbocycles. The number of hydrogen-bond donors (Lipinski definition) is 3. The van der Waals surface area contributed by atoms with Crippen LogP contribution in [0.4, 0.5) is 0 Å². The maximum atomic E-state index is 10.2. The molecule has 5 heteroatoms. The first-order valence-electron chi connectivity index (χ1n) is 4.78. The van der Waals surface area contributed by atoms with E-state index in [0.29, 0.717) is 11.3 Å². The second-order valence-electron chi connectivity index (χ2n) is 3.05. The number of allylic oxidation sites excluding steroid dienone is 2. The summed E-state index contributed by atoms with van der Waals surface area (Å²) in [6, 6.07) is 6.42. The Balaban J connectivity index is 2.84. The monoisotopic (exact) mass is 236 g/mol. The molecule has 0 spiro atoms. The number of aliphatic carboxylic acids is 1. The molecular weight excluding hydrogens is 224 g/mol. The van der Waals surface area contributed by atoms with E-state index in [1.165, 1.54) is 18.2 Å². The Morgan fingerprint density at radius 2 is 2.12 bits per heavy atom. The molecule has 0 bridgehead atoms. The fourth-order valence-corrected chi connectivity index (χ4v) is 1.14. The molecule has 90 valence electrons. The lowest BCUT2D eigenvalue weighted by Gasteiger charge is -2.04. The summed E-state index contributed by atoms with van der Waals surface area (Å²) in [6.07, 6.45) is 3.38. The molecule has 0 amide bonds. The summed E-state index contributed by atoms with van der Waals surface area (Å²) in [5, 5.41) is 26.6. The number of carboxylic acid groups (broad SMARTS) is 1. The molecule has 0 aromatic heterocycles. The van der Waals surface area contributed by atoms with Crippen LogP contribution in [0.15, 0.2) is 42.5 Å². The minimum atomic E-state index is -1.09. The van der Waals surface area contributed by atoms with E-state index < -0.39 is 12.8 Å². The van der Waals surface area contributed by atoms with Crippen LogP contribution in [-0.4, -0.2) is 28.1 Å². The number of rotatable bonds is 5. The number of benzene rings is 1. The van der Waals surface area contributed by atoms with Crippen LogP contribution in [0.1, 0.15) is 5.56 Å². The van der Waals surface area contributed by atoms with E-state index >= 15 is 0 Å². The summed E-state index contributed by atoms with van der Waals surface area (Å²) in [7, 11) is 0. The van der Waals surface area contributed by atoms with Crippen LogP contribution in [0.3, 0.4) is 0 Å². The highest BCUT2D eigenvalue weighted by molar-refractivity contribution is 5.80. The van der Waals surface area contributed by atoms with Gasteiger partial charge in [-0.1, -0.05) is 18.2 Å². The second-order valence-corrected chi connectivity index (χ2v) is 3.05. The molecule has 0 unspecified atom stereocenters. The van der Waals surface area contributed by atoms with Crippen LogP contribution >= 0.6 is 0 Å². The van der Waals surface area contributed by atoms with Crippen molar-refractivity contribution in [2.24, 2.45) is 0 Å². The lowest BCUT2D eigenvalue weighted by molar-refractivity contribution is -0.131. The number of hydrogen-bond acceptors (Lipinski definition) is 4. The third-order valence-corrected chi connectivity index (χ3v) is 1.85.